The lowest BCUT2D eigenvalue weighted by atomic mass is 9.96. The van der Waals surface area contributed by atoms with Crippen molar-refractivity contribution in [3.8, 4) is 17.2 Å². The molecule has 2 atom stereocenters. The van der Waals surface area contributed by atoms with Gasteiger partial charge in [0.2, 0.25) is 0 Å². The molecule has 184 valence electrons. The van der Waals surface area contributed by atoms with E-state index in [0.717, 1.165) is 39.8 Å². The summed E-state index contributed by atoms with van der Waals surface area (Å²) in [5.74, 6) is 1.42. The number of anilines is 1. The zero-order valence-corrected chi connectivity index (χ0v) is 22.1. The Bertz CT molecular complexity index is 1420. The zero-order chi connectivity index (χ0) is 25.4. The number of pyridine rings is 1. The number of para-hydroxylation sites is 1. The van der Waals surface area contributed by atoms with Crippen LogP contribution in [-0.2, 0) is 0 Å². The Morgan fingerprint density at radius 1 is 0.944 bits per heavy atom. The molecule has 3 heterocycles. The number of benzene rings is 2. The lowest BCUT2D eigenvalue weighted by Crippen LogP contribution is -2.30. The van der Waals surface area contributed by atoms with E-state index in [4.69, 9.17) is 33.3 Å². The van der Waals surface area contributed by atoms with Gasteiger partial charge in [0.15, 0.2) is 5.11 Å². The fourth-order valence-electron chi connectivity index (χ4n) is 5.01. The van der Waals surface area contributed by atoms with Crippen LogP contribution in [0.2, 0.25) is 5.02 Å². The molecule has 0 spiro atoms. The Labute approximate surface area is 221 Å². The zero-order valence-electron chi connectivity index (χ0n) is 20.5. The van der Waals surface area contributed by atoms with Crippen LogP contribution < -0.4 is 19.7 Å². The minimum atomic E-state index is -0.198. The van der Waals surface area contributed by atoms with Crippen molar-refractivity contribution in [3.63, 3.8) is 0 Å². The van der Waals surface area contributed by atoms with Gasteiger partial charge in [-0.3, -0.25) is 4.98 Å². The number of rotatable bonds is 6. The van der Waals surface area contributed by atoms with Crippen LogP contribution in [0.5, 0.6) is 11.5 Å². The average molecular weight is 519 g/mol. The van der Waals surface area contributed by atoms with Gasteiger partial charge in [-0.25, -0.2) is 0 Å². The molecule has 0 bridgehead atoms. The number of hydrogen-bond donors (Lipinski definition) is 1. The molecule has 1 fully saturated rings. The molecule has 4 aromatic rings. The molecule has 1 aliphatic rings. The number of halogens is 1. The molecular weight excluding hydrogens is 492 g/mol. The number of aryl methyl sites for hydroxylation is 1. The summed E-state index contributed by atoms with van der Waals surface area (Å²) in [4.78, 5) is 6.78. The first-order chi connectivity index (χ1) is 17.4. The fourth-order valence-corrected chi connectivity index (χ4v) is 5.57. The van der Waals surface area contributed by atoms with E-state index >= 15 is 0 Å². The number of ether oxygens (including phenoxy) is 2. The van der Waals surface area contributed by atoms with Crippen LogP contribution in [0.4, 0.5) is 5.69 Å². The average Bonchev–Trinajstić information content (AvgIpc) is 3.39. The molecule has 0 saturated carbocycles. The monoisotopic (exact) mass is 518 g/mol. The summed E-state index contributed by atoms with van der Waals surface area (Å²) in [6, 6.07) is 21.3. The number of aromatic nitrogens is 2. The highest BCUT2D eigenvalue weighted by atomic mass is 35.5. The number of nitrogens with one attached hydrogen (secondary N) is 1. The highest BCUT2D eigenvalue weighted by molar-refractivity contribution is 7.80. The molecule has 6 nitrogen and oxygen atoms in total. The predicted molar refractivity (Wildman–Crippen MR) is 148 cm³/mol. The summed E-state index contributed by atoms with van der Waals surface area (Å²) in [6.45, 7) is 4.20. The minimum Gasteiger partial charge on any atom is -0.497 e. The predicted octanol–water partition coefficient (Wildman–Crippen LogP) is 6.34. The van der Waals surface area contributed by atoms with Gasteiger partial charge in [0.05, 0.1) is 48.4 Å². The summed E-state index contributed by atoms with van der Waals surface area (Å²) < 4.78 is 13.5. The maximum Gasteiger partial charge on any atom is 0.174 e. The summed E-state index contributed by atoms with van der Waals surface area (Å²) in [5.41, 5.74) is 5.92. The lowest BCUT2D eigenvalue weighted by Gasteiger charge is -2.29. The van der Waals surface area contributed by atoms with E-state index in [1.54, 1.807) is 20.4 Å². The second-order valence-corrected chi connectivity index (χ2v) is 9.44. The van der Waals surface area contributed by atoms with Gasteiger partial charge in [-0.2, -0.15) is 0 Å². The van der Waals surface area contributed by atoms with Gasteiger partial charge in [0.25, 0.3) is 0 Å². The van der Waals surface area contributed by atoms with Crippen LogP contribution >= 0.6 is 23.8 Å². The molecule has 2 aromatic heterocycles. The molecule has 0 aliphatic carbocycles. The Morgan fingerprint density at radius 2 is 1.72 bits per heavy atom. The quantitative estimate of drug-likeness (QED) is 0.301. The summed E-state index contributed by atoms with van der Waals surface area (Å²) in [6.07, 6.45) is 1.80. The summed E-state index contributed by atoms with van der Waals surface area (Å²) in [5, 5.41) is 4.81. The topological polar surface area (TPSA) is 51.6 Å². The van der Waals surface area contributed by atoms with Crippen LogP contribution in [0.15, 0.2) is 72.9 Å². The molecule has 0 radical (unpaired) electrons. The highest BCUT2D eigenvalue weighted by Crippen LogP contribution is 2.47. The van der Waals surface area contributed by atoms with E-state index in [0.29, 0.717) is 15.9 Å². The first-order valence-corrected chi connectivity index (χ1v) is 12.4. The number of thiocarbonyl (C=S) groups is 1. The Hall–Kier alpha value is -3.55. The van der Waals surface area contributed by atoms with Crippen LogP contribution in [0, 0.1) is 13.8 Å². The lowest BCUT2D eigenvalue weighted by molar-refractivity contribution is 0.403. The van der Waals surface area contributed by atoms with Crippen molar-refractivity contribution in [2.75, 3.05) is 19.1 Å². The number of methoxy groups -OCH3 is 2. The van der Waals surface area contributed by atoms with E-state index in [1.807, 2.05) is 60.7 Å². The Balaban J connectivity index is 1.73. The van der Waals surface area contributed by atoms with Gasteiger partial charge in [-0.1, -0.05) is 29.8 Å². The summed E-state index contributed by atoms with van der Waals surface area (Å²) in [7, 11) is 3.31. The highest BCUT2D eigenvalue weighted by Gasteiger charge is 2.43. The van der Waals surface area contributed by atoms with E-state index in [-0.39, 0.29) is 12.1 Å². The van der Waals surface area contributed by atoms with Crippen molar-refractivity contribution in [2.45, 2.75) is 25.9 Å². The van der Waals surface area contributed by atoms with Crippen LogP contribution in [0.25, 0.3) is 5.69 Å². The molecular formula is C28H27ClN4O2S. The van der Waals surface area contributed by atoms with Crippen LogP contribution in [-0.4, -0.2) is 28.9 Å². The fraction of sp³-hybridized carbons (Fsp3) is 0.214. The second kappa shape index (κ2) is 9.84. The van der Waals surface area contributed by atoms with Gasteiger partial charge >= 0.3 is 0 Å². The number of hydrogen-bond acceptors (Lipinski definition) is 4. The minimum absolute atomic E-state index is 0.185. The summed E-state index contributed by atoms with van der Waals surface area (Å²) >= 11 is 12.5. The molecule has 5 rings (SSSR count). The molecule has 8 heteroatoms. The first kappa shape index (κ1) is 24.2. The SMILES string of the molecule is COc1ccc(OC)c(N2C(=S)N[C@@H](c3ccccn3)[C@H]2c2cc(C)n(-c3ccccc3Cl)c2C)c1. The molecule has 0 unspecified atom stereocenters. The molecule has 36 heavy (non-hydrogen) atoms. The second-order valence-electron chi connectivity index (χ2n) is 8.65. The maximum atomic E-state index is 6.61. The normalized spacial score (nSPS) is 17.2. The van der Waals surface area contributed by atoms with Gasteiger partial charge in [-0.15, -0.1) is 0 Å². The maximum absolute atomic E-state index is 6.61. The molecule has 2 aromatic carbocycles. The van der Waals surface area contributed by atoms with Crippen molar-refractivity contribution in [3.05, 3.63) is 101 Å². The van der Waals surface area contributed by atoms with Crippen LogP contribution in [0.3, 0.4) is 0 Å². The Kier molecular flexibility index (Phi) is 6.60. The van der Waals surface area contributed by atoms with Crippen molar-refractivity contribution >= 4 is 34.6 Å². The van der Waals surface area contributed by atoms with Gasteiger partial charge in [-0.05, 0) is 74.1 Å². The van der Waals surface area contributed by atoms with Crippen molar-refractivity contribution in [1.82, 2.24) is 14.9 Å². The van der Waals surface area contributed by atoms with Gasteiger partial charge in [0.1, 0.15) is 11.5 Å². The van der Waals surface area contributed by atoms with Crippen LogP contribution in [0.1, 0.15) is 34.7 Å². The van der Waals surface area contributed by atoms with E-state index in [1.165, 1.54) is 0 Å². The largest absolute Gasteiger partial charge is 0.497 e. The van der Waals surface area contributed by atoms with Crippen molar-refractivity contribution in [2.24, 2.45) is 0 Å². The Morgan fingerprint density at radius 3 is 2.42 bits per heavy atom. The standard InChI is InChI=1S/C28H27ClN4O2S/c1-17-15-20(18(2)32(17)23-11-6-5-9-21(23)29)27-26(22-10-7-8-14-30-22)31-28(36)33(27)24-16-19(34-3)12-13-25(24)35-4/h5-16,26-27H,1-4H3,(H,31,36)/t26-,27+/m0/s1. The van der Waals surface area contributed by atoms with Gasteiger partial charge in [0, 0.05) is 23.7 Å². The third kappa shape index (κ3) is 4.08. The van der Waals surface area contributed by atoms with E-state index < -0.39 is 0 Å². The third-order valence-electron chi connectivity index (χ3n) is 6.63. The smallest absolute Gasteiger partial charge is 0.174 e. The molecule has 1 saturated heterocycles. The molecule has 1 N–H and O–H groups in total. The molecule has 0 amide bonds. The molecule has 1 aliphatic heterocycles. The van der Waals surface area contributed by atoms with Gasteiger partial charge < -0.3 is 24.3 Å². The van der Waals surface area contributed by atoms with E-state index in [9.17, 15) is 0 Å². The van der Waals surface area contributed by atoms with E-state index in [2.05, 4.69) is 39.7 Å². The third-order valence-corrected chi connectivity index (χ3v) is 7.26. The number of nitrogens with zero attached hydrogens (tertiary/aromatic N) is 3. The van der Waals surface area contributed by atoms with Crippen molar-refractivity contribution < 1.29 is 9.47 Å². The first-order valence-electron chi connectivity index (χ1n) is 11.6. The van der Waals surface area contributed by atoms with Crippen molar-refractivity contribution in [1.29, 1.82) is 0 Å².